The predicted octanol–water partition coefficient (Wildman–Crippen LogP) is 3.59. The monoisotopic (exact) mass is 269 g/mol. The Bertz CT molecular complexity index is 663. The normalized spacial score (nSPS) is 10.7. The number of carboxylic acid groups (broad SMARTS) is 1. The second kappa shape index (κ2) is 6.02. The van der Waals surface area contributed by atoms with Gasteiger partial charge in [-0.1, -0.05) is 17.7 Å². The van der Waals surface area contributed by atoms with Crippen LogP contribution in [0, 0.1) is 13.8 Å². The van der Waals surface area contributed by atoms with Crippen LogP contribution < -0.4 is 4.74 Å². The van der Waals surface area contributed by atoms with Gasteiger partial charge in [0, 0.05) is 12.3 Å². The minimum absolute atomic E-state index is 0.574. The van der Waals surface area contributed by atoms with Crippen molar-refractivity contribution in [2.24, 2.45) is 0 Å². The number of hydrogen-bond donors (Lipinski definition) is 1. The fourth-order valence-corrected chi connectivity index (χ4v) is 1.79. The van der Waals surface area contributed by atoms with Crippen LogP contribution in [0.1, 0.15) is 16.7 Å². The predicted molar refractivity (Wildman–Crippen MR) is 76.9 cm³/mol. The first-order valence-electron chi connectivity index (χ1n) is 6.16. The van der Waals surface area contributed by atoms with Gasteiger partial charge in [0.25, 0.3) is 0 Å². The average molecular weight is 269 g/mol. The second-order valence-electron chi connectivity index (χ2n) is 4.50. The second-order valence-corrected chi connectivity index (χ2v) is 4.50. The number of aryl methyl sites for hydroxylation is 2. The Labute approximate surface area is 117 Å². The highest BCUT2D eigenvalue weighted by molar-refractivity contribution is 5.85. The molecule has 1 aromatic carbocycles. The molecule has 2 aromatic rings. The van der Waals surface area contributed by atoms with Crippen LogP contribution in [0.5, 0.6) is 11.5 Å². The van der Waals surface area contributed by atoms with Crippen molar-refractivity contribution in [3.8, 4) is 11.5 Å². The Hall–Kier alpha value is -2.62. The molecule has 4 nitrogen and oxygen atoms in total. The number of aliphatic carboxylic acids is 1. The summed E-state index contributed by atoms with van der Waals surface area (Å²) in [4.78, 5) is 14.5. The zero-order valence-electron chi connectivity index (χ0n) is 11.3. The summed E-state index contributed by atoms with van der Waals surface area (Å²) in [6, 6.07) is 7.66. The standard InChI is InChI=1S/C16H15NO3/c1-11-3-5-15(12(2)7-11)20-14-8-13(9-17-10-14)4-6-16(18)19/h3-10H,1-2H3,(H,18,19)/b6-4+. The van der Waals surface area contributed by atoms with Gasteiger partial charge in [-0.05, 0) is 43.2 Å². The molecule has 0 radical (unpaired) electrons. The van der Waals surface area contributed by atoms with E-state index >= 15 is 0 Å². The van der Waals surface area contributed by atoms with Gasteiger partial charge in [-0.15, -0.1) is 0 Å². The number of pyridine rings is 1. The van der Waals surface area contributed by atoms with Crippen LogP contribution in [-0.4, -0.2) is 16.1 Å². The maximum Gasteiger partial charge on any atom is 0.328 e. The summed E-state index contributed by atoms with van der Waals surface area (Å²) in [6.45, 7) is 4.00. The molecule has 4 heteroatoms. The van der Waals surface area contributed by atoms with E-state index < -0.39 is 5.97 Å². The Morgan fingerprint density at radius 1 is 1.25 bits per heavy atom. The largest absolute Gasteiger partial charge is 0.478 e. The Kier molecular flexibility index (Phi) is 4.15. The van der Waals surface area contributed by atoms with Crippen LogP contribution in [0.3, 0.4) is 0 Å². The molecule has 2 rings (SSSR count). The van der Waals surface area contributed by atoms with Crippen LogP contribution in [0.25, 0.3) is 6.08 Å². The van der Waals surface area contributed by atoms with Crippen LogP contribution in [0.2, 0.25) is 0 Å². The summed E-state index contributed by atoms with van der Waals surface area (Å²) in [6.07, 6.45) is 5.72. The van der Waals surface area contributed by atoms with Crippen LogP contribution in [-0.2, 0) is 4.79 Å². The molecule has 0 atom stereocenters. The average Bonchev–Trinajstić information content (AvgIpc) is 2.40. The van der Waals surface area contributed by atoms with Gasteiger partial charge in [-0.2, -0.15) is 0 Å². The van der Waals surface area contributed by atoms with E-state index in [9.17, 15) is 4.79 Å². The van der Waals surface area contributed by atoms with Crippen molar-refractivity contribution >= 4 is 12.0 Å². The summed E-state index contributed by atoms with van der Waals surface area (Å²) >= 11 is 0. The molecule has 0 saturated carbocycles. The maximum absolute atomic E-state index is 10.5. The van der Waals surface area contributed by atoms with Crippen LogP contribution in [0.4, 0.5) is 0 Å². The molecule has 1 aromatic heterocycles. The van der Waals surface area contributed by atoms with Gasteiger partial charge in [-0.3, -0.25) is 4.98 Å². The van der Waals surface area contributed by atoms with Gasteiger partial charge in [0.2, 0.25) is 0 Å². The van der Waals surface area contributed by atoms with Crippen LogP contribution in [0.15, 0.2) is 42.7 Å². The van der Waals surface area contributed by atoms with E-state index in [0.29, 0.717) is 11.3 Å². The lowest BCUT2D eigenvalue weighted by atomic mass is 10.1. The van der Waals surface area contributed by atoms with Crippen molar-refractivity contribution < 1.29 is 14.6 Å². The Morgan fingerprint density at radius 2 is 2.05 bits per heavy atom. The zero-order valence-corrected chi connectivity index (χ0v) is 11.3. The van der Waals surface area contributed by atoms with Gasteiger partial charge in [0.1, 0.15) is 11.5 Å². The van der Waals surface area contributed by atoms with E-state index in [-0.39, 0.29) is 0 Å². The highest BCUT2D eigenvalue weighted by Gasteiger charge is 2.02. The SMILES string of the molecule is Cc1ccc(Oc2cncc(/C=C/C(=O)O)c2)c(C)c1. The molecular formula is C16H15NO3. The van der Waals surface area contributed by atoms with Gasteiger partial charge in [-0.25, -0.2) is 4.79 Å². The number of aromatic nitrogens is 1. The summed E-state index contributed by atoms with van der Waals surface area (Å²) in [7, 11) is 0. The molecule has 0 bridgehead atoms. The topological polar surface area (TPSA) is 59.4 Å². The first-order valence-corrected chi connectivity index (χ1v) is 6.16. The lowest BCUT2D eigenvalue weighted by molar-refractivity contribution is -0.131. The molecule has 0 fully saturated rings. The molecule has 1 heterocycles. The number of carboxylic acids is 1. The van der Waals surface area contributed by atoms with Gasteiger partial charge in [0.05, 0.1) is 6.20 Å². The number of hydrogen-bond acceptors (Lipinski definition) is 3. The molecule has 0 saturated heterocycles. The lowest BCUT2D eigenvalue weighted by Crippen LogP contribution is -1.90. The summed E-state index contributed by atoms with van der Waals surface area (Å²) < 4.78 is 5.77. The van der Waals surface area contributed by atoms with E-state index in [4.69, 9.17) is 9.84 Å². The number of nitrogens with zero attached hydrogens (tertiary/aromatic N) is 1. The molecule has 0 aliphatic heterocycles. The number of carbonyl (C=O) groups is 1. The lowest BCUT2D eigenvalue weighted by Gasteiger charge is -2.09. The number of rotatable bonds is 4. The smallest absolute Gasteiger partial charge is 0.328 e. The molecule has 0 unspecified atom stereocenters. The summed E-state index contributed by atoms with van der Waals surface area (Å²) in [5.74, 6) is 0.340. The Balaban J connectivity index is 2.21. The summed E-state index contributed by atoms with van der Waals surface area (Å²) in [5.41, 5.74) is 2.89. The van der Waals surface area contributed by atoms with E-state index in [0.717, 1.165) is 17.4 Å². The third kappa shape index (κ3) is 3.68. The quantitative estimate of drug-likeness (QED) is 0.862. The molecule has 1 N–H and O–H groups in total. The van der Waals surface area contributed by atoms with Crippen LogP contribution >= 0.6 is 0 Å². The number of benzene rings is 1. The van der Waals surface area contributed by atoms with Gasteiger partial charge < -0.3 is 9.84 Å². The molecule has 20 heavy (non-hydrogen) atoms. The highest BCUT2D eigenvalue weighted by Crippen LogP contribution is 2.25. The zero-order chi connectivity index (χ0) is 14.5. The first-order chi connectivity index (χ1) is 9.54. The van der Waals surface area contributed by atoms with Crippen molar-refractivity contribution in [1.29, 1.82) is 0 Å². The van der Waals surface area contributed by atoms with Crippen molar-refractivity contribution in [3.63, 3.8) is 0 Å². The van der Waals surface area contributed by atoms with Crippen molar-refractivity contribution in [1.82, 2.24) is 4.98 Å². The number of ether oxygens (including phenoxy) is 1. The third-order valence-corrected chi connectivity index (χ3v) is 2.71. The molecular weight excluding hydrogens is 254 g/mol. The first kappa shape index (κ1) is 13.8. The molecule has 0 spiro atoms. The fraction of sp³-hybridized carbons (Fsp3) is 0.125. The minimum atomic E-state index is -0.995. The maximum atomic E-state index is 10.5. The molecule has 0 aliphatic rings. The van der Waals surface area contributed by atoms with E-state index in [1.807, 2.05) is 32.0 Å². The molecule has 0 amide bonds. The van der Waals surface area contributed by atoms with Gasteiger partial charge in [0.15, 0.2) is 0 Å². The van der Waals surface area contributed by atoms with E-state index in [2.05, 4.69) is 4.98 Å². The highest BCUT2D eigenvalue weighted by atomic mass is 16.5. The summed E-state index contributed by atoms with van der Waals surface area (Å²) in [5, 5.41) is 8.60. The molecule has 0 aliphatic carbocycles. The fourth-order valence-electron chi connectivity index (χ4n) is 1.79. The van der Waals surface area contributed by atoms with E-state index in [1.165, 1.54) is 11.6 Å². The van der Waals surface area contributed by atoms with Crippen molar-refractivity contribution in [2.45, 2.75) is 13.8 Å². The van der Waals surface area contributed by atoms with Crippen molar-refractivity contribution in [2.75, 3.05) is 0 Å². The molecule has 102 valence electrons. The third-order valence-electron chi connectivity index (χ3n) is 2.71. The Morgan fingerprint density at radius 3 is 2.75 bits per heavy atom. The van der Waals surface area contributed by atoms with E-state index in [1.54, 1.807) is 18.5 Å². The minimum Gasteiger partial charge on any atom is -0.478 e. The van der Waals surface area contributed by atoms with Crippen molar-refractivity contribution in [3.05, 3.63) is 59.4 Å². The van der Waals surface area contributed by atoms with Gasteiger partial charge >= 0.3 is 5.97 Å².